The van der Waals surface area contributed by atoms with E-state index in [4.69, 9.17) is 5.73 Å². The van der Waals surface area contributed by atoms with Crippen LogP contribution in [-0.4, -0.2) is 19.1 Å². The van der Waals surface area contributed by atoms with Gasteiger partial charge in [0.1, 0.15) is 0 Å². The van der Waals surface area contributed by atoms with Crippen LogP contribution in [0.15, 0.2) is 24.3 Å². The lowest BCUT2D eigenvalue weighted by Crippen LogP contribution is -2.17. The first-order valence-electron chi connectivity index (χ1n) is 6.71. The third kappa shape index (κ3) is 1.75. The minimum Gasteiger partial charge on any atom is -0.372 e. The zero-order valence-corrected chi connectivity index (χ0v) is 10.8. The van der Waals surface area contributed by atoms with Crippen molar-refractivity contribution < 1.29 is 0 Å². The van der Waals surface area contributed by atoms with Gasteiger partial charge in [0, 0.05) is 30.7 Å². The molecule has 17 heavy (non-hydrogen) atoms. The average molecular weight is 230 g/mol. The van der Waals surface area contributed by atoms with Crippen molar-refractivity contribution in [1.82, 2.24) is 0 Å². The number of rotatable bonds is 2. The molecule has 92 valence electrons. The van der Waals surface area contributed by atoms with Crippen LogP contribution >= 0.6 is 0 Å². The number of benzene rings is 1. The van der Waals surface area contributed by atoms with Gasteiger partial charge in [-0.05, 0) is 36.0 Å². The zero-order valence-electron chi connectivity index (χ0n) is 10.8. The summed E-state index contributed by atoms with van der Waals surface area (Å²) in [5.41, 5.74) is 9.19. The second-order valence-electron chi connectivity index (χ2n) is 6.11. The van der Waals surface area contributed by atoms with E-state index >= 15 is 0 Å². The third-order valence-electron chi connectivity index (χ3n) is 4.63. The summed E-state index contributed by atoms with van der Waals surface area (Å²) < 4.78 is 0. The quantitative estimate of drug-likeness (QED) is 0.846. The summed E-state index contributed by atoms with van der Waals surface area (Å²) in [7, 11) is 0. The number of nitrogens with zero attached hydrogens (tertiary/aromatic N) is 1. The van der Waals surface area contributed by atoms with Crippen LogP contribution in [0.5, 0.6) is 0 Å². The lowest BCUT2D eigenvalue weighted by Gasteiger charge is -2.17. The van der Waals surface area contributed by atoms with Crippen molar-refractivity contribution in [2.24, 2.45) is 11.1 Å². The highest BCUT2D eigenvalue weighted by Gasteiger charge is 2.55. The van der Waals surface area contributed by atoms with E-state index < -0.39 is 0 Å². The van der Waals surface area contributed by atoms with E-state index in [2.05, 4.69) is 43.0 Å². The average Bonchev–Trinajstić information content (AvgIpc) is 2.77. The largest absolute Gasteiger partial charge is 0.372 e. The smallest absolute Gasteiger partial charge is 0.0366 e. The van der Waals surface area contributed by atoms with E-state index in [1.54, 1.807) is 0 Å². The van der Waals surface area contributed by atoms with Gasteiger partial charge < -0.3 is 10.6 Å². The van der Waals surface area contributed by atoms with Gasteiger partial charge in [0.2, 0.25) is 0 Å². The number of nitrogens with two attached hydrogens (primary N) is 1. The monoisotopic (exact) mass is 230 g/mol. The predicted molar refractivity (Wildman–Crippen MR) is 72.4 cm³/mol. The highest BCUT2D eigenvalue weighted by Crippen LogP contribution is 2.57. The van der Waals surface area contributed by atoms with E-state index in [1.807, 2.05) is 0 Å². The van der Waals surface area contributed by atoms with Crippen molar-refractivity contribution in [3.63, 3.8) is 0 Å². The Hall–Kier alpha value is -1.02. The van der Waals surface area contributed by atoms with Crippen LogP contribution in [0.2, 0.25) is 0 Å². The maximum atomic E-state index is 6.13. The van der Waals surface area contributed by atoms with Gasteiger partial charge in [-0.25, -0.2) is 0 Å². The molecule has 2 unspecified atom stereocenters. The fourth-order valence-electron chi connectivity index (χ4n) is 3.18. The van der Waals surface area contributed by atoms with E-state index in [1.165, 1.54) is 37.2 Å². The Labute approximate surface area is 104 Å². The third-order valence-corrected chi connectivity index (χ3v) is 4.63. The molecular weight excluding hydrogens is 208 g/mol. The second kappa shape index (κ2) is 3.74. The van der Waals surface area contributed by atoms with Crippen molar-refractivity contribution in [2.45, 2.75) is 38.6 Å². The standard InChI is InChI=1S/C15H22N2/c1-15(2)13(14(15)16)11-5-7-12(8-6-11)17-9-3-4-10-17/h5-8,13-14H,3-4,9-10,16H2,1-2H3. The molecule has 2 atom stereocenters. The molecule has 1 heterocycles. The molecule has 1 aromatic rings. The minimum atomic E-state index is 0.287. The van der Waals surface area contributed by atoms with Gasteiger partial charge in [0.25, 0.3) is 0 Å². The molecule has 2 nitrogen and oxygen atoms in total. The van der Waals surface area contributed by atoms with Crippen LogP contribution in [0.3, 0.4) is 0 Å². The molecule has 1 aliphatic carbocycles. The van der Waals surface area contributed by atoms with E-state index in [0.717, 1.165) is 0 Å². The molecule has 0 radical (unpaired) electrons. The topological polar surface area (TPSA) is 29.3 Å². The highest BCUT2D eigenvalue weighted by atomic mass is 15.1. The van der Waals surface area contributed by atoms with Crippen LogP contribution in [0.25, 0.3) is 0 Å². The summed E-state index contributed by atoms with van der Waals surface area (Å²) in [6.45, 7) is 6.95. The van der Waals surface area contributed by atoms with Gasteiger partial charge in [0.15, 0.2) is 0 Å². The summed E-state index contributed by atoms with van der Waals surface area (Å²) in [6.07, 6.45) is 2.67. The fourth-order valence-corrected chi connectivity index (χ4v) is 3.18. The van der Waals surface area contributed by atoms with E-state index in [-0.39, 0.29) is 5.41 Å². The molecule has 0 aromatic heterocycles. The van der Waals surface area contributed by atoms with Crippen molar-refractivity contribution in [2.75, 3.05) is 18.0 Å². The lowest BCUT2D eigenvalue weighted by molar-refractivity contribution is 0.599. The molecule has 3 rings (SSSR count). The van der Waals surface area contributed by atoms with Crippen molar-refractivity contribution >= 4 is 5.69 Å². The molecule has 2 N–H and O–H groups in total. The number of anilines is 1. The van der Waals surface area contributed by atoms with Gasteiger partial charge in [-0.1, -0.05) is 26.0 Å². The maximum Gasteiger partial charge on any atom is 0.0366 e. The Balaban J connectivity index is 1.77. The highest BCUT2D eigenvalue weighted by molar-refractivity contribution is 5.50. The van der Waals surface area contributed by atoms with Crippen LogP contribution in [0.1, 0.15) is 38.2 Å². The van der Waals surface area contributed by atoms with E-state index in [0.29, 0.717) is 12.0 Å². The van der Waals surface area contributed by atoms with Crippen molar-refractivity contribution in [3.8, 4) is 0 Å². The molecule has 2 aliphatic rings. The van der Waals surface area contributed by atoms with Crippen molar-refractivity contribution in [1.29, 1.82) is 0 Å². The van der Waals surface area contributed by atoms with Gasteiger partial charge >= 0.3 is 0 Å². The molecular formula is C15H22N2. The van der Waals surface area contributed by atoms with Gasteiger partial charge in [-0.15, -0.1) is 0 Å². The van der Waals surface area contributed by atoms with Crippen LogP contribution in [-0.2, 0) is 0 Å². The zero-order chi connectivity index (χ0) is 12.0. The molecule has 1 aromatic carbocycles. The molecule has 1 aliphatic heterocycles. The van der Waals surface area contributed by atoms with Crippen molar-refractivity contribution in [3.05, 3.63) is 29.8 Å². The normalized spacial score (nSPS) is 30.6. The summed E-state index contributed by atoms with van der Waals surface area (Å²) in [4.78, 5) is 2.47. The predicted octanol–water partition coefficient (Wildman–Crippen LogP) is 2.74. The molecule has 0 amide bonds. The van der Waals surface area contributed by atoms with Gasteiger partial charge in [0.05, 0.1) is 0 Å². The van der Waals surface area contributed by atoms with Crippen LogP contribution in [0, 0.1) is 5.41 Å². The Kier molecular flexibility index (Phi) is 2.44. The molecule has 0 bridgehead atoms. The van der Waals surface area contributed by atoms with Crippen LogP contribution < -0.4 is 10.6 Å². The molecule has 0 spiro atoms. The fraction of sp³-hybridized carbons (Fsp3) is 0.600. The molecule has 2 fully saturated rings. The minimum absolute atomic E-state index is 0.287. The summed E-state index contributed by atoms with van der Waals surface area (Å²) in [6, 6.07) is 9.41. The number of hydrogen-bond donors (Lipinski definition) is 1. The van der Waals surface area contributed by atoms with Crippen LogP contribution in [0.4, 0.5) is 5.69 Å². The maximum absolute atomic E-state index is 6.13. The van der Waals surface area contributed by atoms with Gasteiger partial charge in [-0.3, -0.25) is 0 Å². The Morgan fingerprint density at radius 1 is 1.12 bits per heavy atom. The Morgan fingerprint density at radius 3 is 2.12 bits per heavy atom. The first-order chi connectivity index (χ1) is 8.10. The first-order valence-corrected chi connectivity index (χ1v) is 6.71. The SMILES string of the molecule is CC1(C)C(N)C1c1ccc(N2CCCC2)cc1. The van der Waals surface area contributed by atoms with E-state index in [9.17, 15) is 0 Å². The second-order valence-corrected chi connectivity index (χ2v) is 6.11. The summed E-state index contributed by atoms with van der Waals surface area (Å²) in [5.74, 6) is 0.551. The lowest BCUT2D eigenvalue weighted by atomic mass is 10.0. The summed E-state index contributed by atoms with van der Waals surface area (Å²) in [5, 5.41) is 0. The summed E-state index contributed by atoms with van der Waals surface area (Å²) >= 11 is 0. The Bertz CT molecular complexity index is 401. The number of hydrogen-bond acceptors (Lipinski definition) is 2. The van der Waals surface area contributed by atoms with Gasteiger partial charge in [-0.2, -0.15) is 0 Å². The molecule has 1 saturated heterocycles. The molecule has 2 heteroatoms. The molecule has 1 saturated carbocycles. The first kappa shape index (κ1) is 11.1. The Morgan fingerprint density at radius 2 is 1.65 bits per heavy atom.